The lowest BCUT2D eigenvalue weighted by molar-refractivity contribution is 0.0785. The number of ether oxygens (including phenoxy) is 2. The molecule has 6 nitrogen and oxygen atoms in total. The molecule has 2 rings (SSSR count). The first-order valence-electron chi connectivity index (χ1n) is 8.38. The minimum Gasteiger partial charge on any atom is -0.493 e. The van der Waals surface area contributed by atoms with E-state index in [2.05, 4.69) is 0 Å². The Kier molecular flexibility index (Phi) is 6.49. The van der Waals surface area contributed by atoms with Gasteiger partial charge in [0.05, 0.1) is 20.0 Å². The van der Waals surface area contributed by atoms with Crippen LogP contribution in [0.2, 0.25) is 0 Å². The molecule has 2 aromatic carbocycles. The molecule has 0 aliphatic carbocycles. The van der Waals surface area contributed by atoms with Gasteiger partial charge in [0.2, 0.25) is 0 Å². The van der Waals surface area contributed by atoms with Gasteiger partial charge in [0.25, 0.3) is 5.91 Å². The maximum atomic E-state index is 12.7. The van der Waals surface area contributed by atoms with Crippen molar-refractivity contribution in [1.29, 1.82) is 0 Å². The molecule has 0 aliphatic rings. The van der Waals surface area contributed by atoms with Crippen LogP contribution in [0.3, 0.4) is 0 Å². The first-order chi connectivity index (χ1) is 12.6. The van der Waals surface area contributed by atoms with Crippen molar-refractivity contribution in [1.82, 2.24) is 4.90 Å². The van der Waals surface area contributed by atoms with Crippen molar-refractivity contribution in [2.45, 2.75) is 19.2 Å². The van der Waals surface area contributed by atoms with Crippen molar-refractivity contribution in [2.24, 2.45) is 0 Å². The quantitative estimate of drug-likeness (QED) is 0.726. The molecule has 7 heteroatoms. The molecule has 0 bridgehead atoms. The van der Waals surface area contributed by atoms with Crippen molar-refractivity contribution in [3.8, 4) is 11.5 Å². The number of carbonyl (C=O) groups excluding carboxylic acids is 1. The van der Waals surface area contributed by atoms with Gasteiger partial charge in [0, 0.05) is 25.4 Å². The zero-order chi connectivity index (χ0) is 20.2. The van der Waals surface area contributed by atoms with E-state index in [1.807, 2.05) is 19.1 Å². The summed E-state index contributed by atoms with van der Waals surface area (Å²) in [5.41, 5.74) is 3.12. The molecule has 0 atom stereocenters. The molecule has 27 heavy (non-hydrogen) atoms. The highest BCUT2D eigenvalue weighted by Gasteiger charge is 2.16. The van der Waals surface area contributed by atoms with E-state index in [1.54, 1.807) is 50.4 Å². The van der Waals surface area contributed by atoms with Gasteiger partial charge in [0.15, 0.2) is 21.3 Å². The van der Waals surface area contributed by atoms with E-state index in [4.69, 9.17) is 9.47 Å². The Morgan fingerprint density at radius 3 is 2.11 bits per heavy atom. The first-order valence-corrected chi connectivity index (χ1v) is 10.4. The number of rotatable bonds is 7. The highest BCUT2D eigenvalue weighted by Crippen LogP contribution is 2.30. The van der Waals surface area contributed by atoms with Gasteiger partial charge in [-0.3, -0.25) is 4.79 Å². The lowest BCUT2D eigenvalue weighted by Gasteiger charge is -2.20. The highest BCUT2D eigenvalue weighted by atomic mass is 32.2. The number of benzene rings is 2. The summed E-state index contributed by atoms with van der Waals surface area (Å²) in [5.74, 6) is 1.08. The van der Waals surface area contributed by atoms with Crippen LogP contribution in [0.25, 0.3) is 0 Å². The van der Waals surface area contributed by atoms with Gasteiger partial charge < -0.3 is 14.4 Å². The van der Waals surface area contributed by atoms with Gasteiger partial charge in [-0.2, -0.15) is 0 Å². The summed E-state index contributed by atoms with van der Waals surface area (Å²) in [6.07, 6.45) is 1.19. The third kappa shape index (κ3) is 5.47. The van der Waals surface area contributed by atoms with Crippen LogP contribution in [0, 0.1) is 6.92 Å². The molecule has 0 saturated heterocycles. The van der Waals surface area contributed by atoms with Crippen LogP contribution in [0.5, 0.6) is 11.5 Å². The molecule has 2 aromatic rings. The number of aryl methyl sites for hydroxylation is 1. The third-order valence-electron chi connectivity index (χ3n) is 4.23. The SMILES string of the molecule is COc1cc(C)c(CN(C)C(=O)c2ccc(CS(C)(=O)=O)cc2)cc1OC. The summed E-state index contributed by atoms with van der Waals surface area (Å²) in [4.78, 5) is 14.3. The Labute approximate surface area is 160 Å². The first kappa shape index (κ1) is 20.8. The zero-order valence-corrected chi connectivity index (χ0v) is 17.1. The lowest BCUT2D eigenvalue weighted by Crippen LogP contribution is -2.26. The fourth-order valence-electron chi connectivity index (χ4n) is 2.79. The third-order valence-corrected chi connectivity index (χ3v) is 5.08. The Balaban J connectivity index is 2.16. The molecule has 0 unspecified atom stereocenters. The topological polar surface area (TPSA) is 72.9 Å². The average Bonchev–Trinajstić information content (AvgIpc) is 2.61. The number of carbonyl (C=O) groups is 1. The second kappa shape index (κ2) is 8.43. The molecule has 0 aromatic heterocycles. The van der Waals surface area contributed by atoms with E-state index >= 15 is 0 Å². The van der Waals surface area contributed by atoms with Gasteiger partial charge >= 0.3 is 0 Å². The lowest BCUT2D eigenvalue weighted by atomic mass is 10.1. The fraction of sp³-hybridized carbons (Fsp3) is 0.350. The fourth-order valence-corrected chi connectivity index (χ4v) is 3.59. The van der Waals surface area contributed by atoms with Gasteiger partial charge in [-0.05, 0) is 47.9 Å². The Morgan fingerprint density at radius 2 is 1.59 bits per heavy atom. The minimum atomic E-state index is -3.10. The van der Waals surface area contributed by atoms with Crippen LogP contribution in [-0.4, -0.2) is 46.7 Å². The number of amides is 1. The summed E-state index contributed by atoms with van der Waals surface area (Å²) in [6, 6.07) is 10.4. The van der Waals surface area contributed by atoms with Gasteiger partial charge in [-0.1, -0.05) is 12.1 Å². The van der Waals surface area contributed by atoms with E-state index in [0.29, 0.717) is 29.2 Å². The molecule has 0 fully saturated rings. The predicted molar refractivity (Wildman–Crippen MR) is 105 cm³/mol. The maximum Gasteiger partial charge on any atom is 0.253 e. The molecular formula is C20H25NO5S. The van der Waals surface area contributed by atoms with Crippen molar-refractivity contribution in [3.05, 3.63) is 58.7 Å². The largest absolute Gasteiger partial charge is 0.493 e. The molecule has 0 N–H and O–H groups in total. The summed E-state index contributed by atoms with van der Waals surface area (Å²) in [5, 5.41) is 0. The number of nitrogens with zero attached hydrogens (tertiary/aromatic N) is 1. The van der Waals surface area contributed by atoms with Gasteiger partial charge in [-0.25, -0.2) is 8.42 Å². The normalized spacial score (nSPS) is 11.1. The van der Waals surface area contributed by atoms with E-state index in [9.17, 15) is 13.2 Å². The summed E-state index contributed by atoms with van der Waals surface area (Å²) in [6.45, 7) is 2.37. The van der Waals surface area contributed by atoms with Crippen LogP contribution in [0.15, 0.2) is 36.4 Å². The van der Waals surface area contributed by atoms with Gasteiger partial charge in [0.1, 0.15) is 0 Å². The Hall–Kier alpha value is -2.54. The second-order valence-electron chi connectivity index (χ2n) is 6.56. The van der Waals surface area contributed by atoms with E-state index in [-0.39, 0.29) is 11.7 Å². The summed E-state index contributed by atoms with van der Waals surface area (Å²) in [7, 11) is 1.78. The molecule has 0 spiro atoms. The van der Waals surface area contributed by atoms with Gasteiger partial charge in [-0.15, -0.1) is 0 Å². The highest BCUT2D eigenvalue weighted by molar-refractivity contribution is 7.89. The van der Waals surface area contributed by atoms with Crippen molar-refractivity contribution < 1.29 is 22.7 Å². The van der Waals surface area contributed by atoms with Crippen LogP contribution < -0.4 is 9.47 Å². The molecule has 0 aliphatic heterocycles. The van der Waals surface area contributed by atoms with Crippen molar-refractivity contribution in [3.63, 3.8) is 0 Å². The Bertz CT molecular complexity index is 920. The number of hydrogen-bond acceptors (Lipinski definition) is 5. The van der Waals surface area contributed by atoms with Crippen LogP contribution in [0.1, 0.15) is 27.0 Å². The van der Waals surface area contributed by atoms with Crippen molar-refractivity contribution >= 4 is 15.7 Å². The van der Waals surface area contributed by atoms with E-state index in [0.717, 1.165) is 11.1 Å². The molecule has 1 amide bonds. The average molecular weight is 391 g/mol. The van der Waals surface area contributed by atoms with Crippen LogP contribution in [-0.2, 0) is 22.1 Å². The van der Waals surface area contributed by atoms with Crippen LogP contribution in [0.4, 0.5) is 0 Å². The van der Waals surface area contributed by atoms with E-state index in [1.165, 1.54) is 6.26 Å². The second-order valence-corrected chi connectivity index (χ2v) is 8.70. The number of sulfone groups is 1. The standard InChI is InChI=1S/C20H25NO5S/c1-14-10-18(25-3)19(26-4)11-17(14)12-21(2)20(22)16-8-6-15(7-9-16)13-27(5,23)24/h6-11H,12-13H2,1-5H3. The molecule has 0 radical (unpaired) electrons. The minimum absolute atomic E-state index is 0.0395. The summed E-state index contributed by atoms with van der Waals surface area (Å²) >= 11 is 0. The molecule has 0 heterocycles. The molecular weight excluding hydrogens is 366 g/mol. The monoisotopic (exact) mass is 391 g/mol. The van der Waals surface area contributed by atoms with Crippen molar-refractivity contribution in [2.75, 3.05) is 27.5 Å². The zero-order valence-electron chi connectivity index (χ0n) is 16.3. The number of methoxy groups -OCH3 is 2. The molecule has 0 saturated carbocycles. The van der Waals surface area contributed by atoms with E-state index < -0.39 is 9.84 Å². The Morgan fingerprint density at radius 1 is 1.04 bits per heavy atom. The summed E-state index contributed by atoms with van der Waals surface area (Å²) < 4.78 is 33.4. The van der Waals surface area contributed by atoms with Crippen LogP contribution >= 0.6 is 0 Å². The maximum absolute atomic E-state index is 12.7. The molecule has 146 valence electrons. The smallest absolute Gasteiger partial charge is 0.253 e. The predicted octanol–water partition coefficient (Wildman–Crippen LogP) is 2.83. The number of hydrogen-bond donors (Lipinski definition) is 0.